The Morgan fingerprint density at radius 2 is 1.85 bits per heavy atom. The zero-order valence-electron chi connectivity index (χ0n) is 13.1. The Balaban J connectivity index is 1.47. The Morgan fingerprint density at radius 1 is 1.15 bits per heavy atom. The van der Waals surface area contributed by atoms with Gasteiger partial charge in [-0.05, 0) is 40.2 Å². The van der Waals surface area contributed by atoms with Crippen molar-refractivity contribution in [3.05, 3.63) is 69.0 Å². The number of hydrogen-bond acceptors (Lipinski definition) is 6. The number of fused-ring (bicyclic) bond motifs is 1. The van der Waals surface area contributed by atoms with E-state index in [-0.39, 0.29) is 24.1 Å². The normalized spacial score (nSPS) is 13.2. The van der Waals surface area contributed by atoms with Crippen LogP contribution in [0.3, 0.4) is 0 Å². The summed E-state index contributed by atoms with van der Waals surface area (Å²) in [5.41, 5.74) is 0.804. The van der Waals surface area contributed by atoms with Crippen LogP contribution in [-0.4, -0.2) is 27.6 Å². The number of thiazole rings is 1. The van der Waals surface area contributed by atoms with Crippen LogP contribution < -0.4 is 5.32 Å². The number of furan rings is 1. The summed E-state index contributed by atoms with van der Waals surface area (Å²) in [7, 11) is 0. The molecular formula is C17H10BrN3O4S. The van der Waals surface area contributed by atoms with Crippen LogP contribution in [0.2, 0.25) is 0 Å². The van der Waals surface area contributed by atoms with Gasteiger partial charge < -0.3 is 4.42 Å². The number of amides is 3. The highest BCUT2D eigenvalue weighted by molar-refractivity contribution is 9.10. The van der Waals surface area contributed by atoms with E-state index < -0.39 is 5.91 Å². The fourth-order valence-corrected chi connectivity index (χ4v) is 3.68. The molecule has 9 heteroatoms. The Bertz CT molecular complexity index is 1010. The molecule has 0 atom stereocenters. The first kappa shape index (κ1) is 16.7. The molecule has 0 saturated heterocycles. The molecule has 1 aliphatic heterocycles. The van der Waals surface area contributed by atoms with E-state index in [1.54, 1.807) is 30.3 Å². The third kappa shape index (κ3) is 2.95. The van der Waals surface area contributed by atoms with Gasteiger partial charge in [0.2, 0.25) is 0 Å². The molecule has 0 unspecified atom stereocenters. The molecule has 3 amide bonds. The fraction of sp³-hybridized carbons (Fsp3) is 0.0588. The monoisotopic (exact) mass is 431 g/mol. The van der Waals surface area contributed by atoms with Gasteiger partial charge in [0.15, 0.2) is 15.6 Å². The maximum atomic E-state index is 12.4. The van der Waals surface area contributed by atoms with Crippen LogP contribution in [0.25, 0.3) is 0 Å². The molecule has 4 rings (SSSR count). The molecule has 0 aliphatic carbocycles. The van der Waals surface area contributed by atoms with Crippen LogP contribution in [0, 0.1) is 0 Å². The number of aromatic nitrogens is 1. The summed E-state index contributed by atoms with van der Waals surface area (Å²) in [4.78, 5) is 42.8. The van der Waals surface area contributed by atoms with E-state index in [0.29, 0.717) is 25.8 Å². The molecule has 26 heavy (non-hydrogen) atoms. The highest BCUT2D eigenvalue weighted by Gasteiger charge is 2.35. The van der Waals surface area contributed by atoms with E-state index in [4.69, 9.17) is 4.42 Å². The summed E-state index contributed by atoms with van der Waals surface area (Å²) in [6, 6.07) is 9.86. The van der Waals surface area contributed by atoms with Gasteiger partial charge in [0, 0.05) is 11.1 Å². The topological polar surface area (TPSA) is 92.5 Å². The van der Waals surface area contributed by atoms with Gasteiger partial charge in [0.05, 0.1) is 17.7 Å². The lowest BCUT2D eigenvalue weighted by atomic mass is 10.1. The summed E-state index contributed by atoms with van der Waals surface area (Å²) in [6.45, 7) is 0.103. The lowest BCUT2D eigenvalue weighted by Gasteiger charge is -2.11. The number of rotatable bonds is 4. The highest BCUT2D eigenvalue weighted by atomic mass is 79.9. The van der Waals surface area contributed by atoms with Gasteiger partial charge in [-0.1, -0.05) is 23.5 Å². The van der Waals surface area contributed by atoms with Gasteiger partial charge in [0.25, 0.3) is 17.7 Å². The molecule has 1 N–H and O–H groups in total. The van der Waals surface area contributed by atoms with Crippen molar-refractivity contribution in [1.29, 1.82) is 0 Å². The second-order valence-corrected chi connectivity index (χ2v) is 7.33. The predicted molar refractivity (Wildman–Crippen MR) is 97.1 cm³/mol. The van der Waals surface area contributed by atoms with Gasteiger partial charge >= 0.3 is 0 Å². The number of benzene rings is 1. The summed E-state index contributed by atoms with van der Waals surface area (Å²) in [6.07, 6.45) is 1.53. The minimum atomic E-state index is -0.433. The van der Waals surface area contributed by atoms with Crippen LogP contribution in [0.15, 0.2) is 51.7 Å². The van der Waals surface area contributed by atoms with Gasteiger partial charge in [-0.3, -0.25) is 24.6 Å². The number of hydrogen-bond donors (Lipinski definition) is 1. The van der Waals surface area contributed by atoms with E-state index >= 15 is 0 Å². The largest absolute Gasteiger partial charge is 0.444 e. The first-order valence-corrected chi connectivity index (χ1v) is 9.10. The molecule has 3 heterocycles. The molecule has 130 valence electrons. The molecule has 0 bridgehead atoms. The first-order chi connectivity index (χ1) is 12.5. The summed E-state index contributed by atoms with van der Waals surface area (Å²) in [5, 5.41) is 2.98. The van der Waals surface area contributed by atoms with Crippen LogP contribution in [0.4, 0.5) is 5.13 Å². The third-order valence-corrected chi connectivity index (χ3v) is 5.09. The number of imide groups is 1. The molecule has 1 aromatic carbocycles. The predicted octanol–water partition coefficient (Wildman–Crippen LogP) is 3.55. The molecule has 0 saturated carbocycles. The lowest BCUT2D eigenvalue weighted by Crippen LogP contribution is -2.28. The first-order valence-electron chi connectivity index (χ1n) is 7.49. The van der Waals surface area contributed by atoms with Crippen LogP contribution in [0.1, 0.15) is 36.1 Å². The molecule has 0 spiro atoms. The van der Waals surface area contributed by atoms with Gasteiger partial charge in [0.1, 0.15) is 0 Å². The maximum Gasteiger partial charge on any atom is 0.293 e. The number of halogens is 1. The Hall–Kier alpha value is -2.78. The van der Waals surface area contributed by atoms with Crippen LogP contribution in [0.5, 0.6) is 0 Å². The number of anilines is 1. The molecule has 0 radical (unpaired) electrons. The van der Waals surface area contributed by atoms with Crippen molar-refractivity contribution in [1.82, 2.24) is 9.88 Å². The number of carbonyl (C=O) groups is 3. The Kier molecular flexibility index (Phi) is 4.17. The van der Waals surface area contributed by atoms with Crippen molar-refractivity contribution < 1.29 is 18.8 Å². The highest BCUT2D eigenvalue weighted by Crippen LogP contribution is 2.27. The molecule has 1 aliphatic rings. The van der Waals surface area contributed by atoms with Crippen LogP contribution in [-0.2, 0) is 6.54 Å². The minimum Gasteiger partial charge on any atom is -0.444 e. The van der Waals surface area contributed by atoms with Crippen molar-refractivity contribution in [2.24, 2.45) is 0 Å². The average Bonchev–Trinajstić information content (AvgIpc) is 3.32. The number of nitrogens with zero attached hydrogens (tertiary/aromatic N) is 2. The molecule has 0 fully saturated rings. The molecule has 2 aromatic heterocycles. The summed E-state index contributed by atoms with van der Waals surface area (Å²) < 4.78 is 5.63. The molecular weight excluding hydrogens is 422 g/mol. The van der Waals surface area contributed by atoms with Crippen molar-refractivity contribution in [2.75, 3.05) is 5.32 Å². The van der Waals surface area contributed by atoms with E-state index in [1.165, 1.54) is 28.5 Å². The summed E-state index contributed by atoms with van der Waals surface area (Å²) in [5.74, 6) is -0.943. The zero-order valence-corrected chi connectivity index (χ0v) is 15.5. The third-order valence-electron chi connectivity index (χ3n) is 3.76. The maximum absolute atomic E-state index is 12.4. The average molecular weight is 432 g/mol. The SMILES string of the molecule is O=C(Nc1ncc(CN2C(=O)c3ccccc3C2=O)s1)c1ccc(Br)o1. The van der Waals surface area contributed by atoms with E-state index in [2.05, 4.69) is 26.2 Å². The Labute approximate surface area is 159 Å². The smallest absolute Gasteiger partial charge is 0.293 e. The number of nitrogens with one attached hydrogen (secondary N) is 1. The van der Waals surface area contributed by atoms with Gasteiger partial charge in [-0.2, -0.15) is 0 Å². The van der Waals surface area contributed by atoms with Crippen molar-refractivity contribution >= 4 is 50.1 Å². The lowest BCUT2D eigenvalue weighted by molar-refractivity contribution is 0.0643. The molecule has 7 nitrogen and oxygen atoms in total. The van der Waals surface area contributed by atoms with Crippen molar-refractivity contribution in [3.8, 4) is 0 Å². The van der Waals surface area contributed by atoms with E-state index in [9.17, 15) is 14.4 Å². The molecule has 3 aromatic rings. The van der Waals surface area contributed by atoms with Gasteiger partial charge in [-0.15, -0.1) is 0 Å². The minimum absolute atomic E-state index is 0.103. The second kappa shape index (κ2) is 6.50. The van der Waals surface area contributed by atoms with Crippen molar-refractivity contribution in [3.63, 3.8) is 0 Å². The van der Waals surface area contributed by atoms with E-state index in [0.717, 1.165) is 0 Å². The fourth-order valence-electron chi connectivity index (χ4n) is 2.57. The second-order valence-electron chi connectivity index (χ2n) is 5.43. The Morgan fingerprint density at radius 3 is 2.46 bits per heavy atom. The summed E-state index contributed by atoms with van der Waals surface area (Å²) >= 11 is 4.32. The van der Waals surface area contributed by atoms with E-state index in [1.807, 2.05) is 0 Å². The standard InChI is InChI=1S/C17H10BrN3O4S/c18-13-6-5-12(25-13)14(22)20-17-19-7-9(26-17)8-21-15(23)10-3-1-2-4-11(10)16(21)24/h1-7H,8H2,(H,19,20,22). The van der Waals surface area contributed by atoms with Crippen molar-refractivity contribution in [2.45, 2.75) is 6.54 Å². The zero-order chi connectivity index (χ0) is 18.3. The van der Waals surface area contributed by atoms with Gasteiger partial charge in [-0.25, -0.2) is 4.98 Å². The quantitative estimate of drug-likeness (QED) is 0.637. The number of carbonyl (C=O) groups excluding carboxylic acids is 3. The van der Waals surface area contributed by atoms with Crippen LogP contribution >= 0.6 is 27.3 Å².